The lowest BCUT2D eigenvalue weighted by Gasteiger charge is -2.06. The number of carbonyl (C=O) groups excluding carboxylic acids is 1. The van der Waals surface area contributed by atoms with Crippen LogP contribution in [0.5, 0.6) is 0 Å². The van der Waals surface area contributed by atoms with Gasteiger partial charge in [0.25, 0.3) is 0 Å². The average molecular weight is 296 g/mol. The van der Waals surface area contributed by atoms with Gasteiger partial charge in [0.1, 0.15) is 11.3 Å². The number of aromatic nitrogens is 1. The third kappa shape index (κ3) is 3.25. The maximum Gasteiger partial charge on any atom is 0.360 e. The number of anilines is 1. The molecule has 0 saturated carbocycles. The van der Waals surface area contributed by atoms with Crippen molar-refractivity contribution < 1.29 is 9.21 Å². The van der Waals surface area contributed by atoms with Crippen LogP contribution in [0.2, 0.25) is 0 Å². The molecule has 2 heterocycles. The molecule has 5 heteroatoms. The second-order valence-corrected chi connectivity index (χ2v) is 5.06. The smallest absolute Gasteiger partial charge is 0.360 e. The van der Waals surface area contributed by atoms with Crippen molar-refractivity contribution in [2.24, 2.45) is 0 Å². The lowest BCUT2D eigenvalue weighted by atomic mass is 10.2. The second-order valence-electron chi connectivity index (χ2n) is 5.06. The fraction of sp³-hybridized carbons (Fsp3) is 0.176. The van der Waals surface area contributed by atoms with Crippen molar-refractivity contribution in [3.8, 4) is 0 Å². The lowest BCUT2D eigenvalue weighted by Crippen LogP contribution is -2.17. The Morgan fingerprint density at radius 3 is 2.73 bits per heavy atom. The number of hydrogen-bond donors (Lipinski definition) is 1. The highest BCUT2D eigenvalue weighted by Gasteiger charge is 2.08. The van der Waals surface area contributed by atoms with Crippen LogP contribution < -0.4 is 10.9 Å². The number of hydrogen-bond acceptors (Lipinski definition) is 3. The van der Waals surface area contributed by atoms with Crippen molar-refractivity contribution >= 4 is 22.6 Å². The van der Waals surface area contributed by atoms with E-state index in [2.05, 4.69) is 5.32 Å². The summed E-state index contributed by atoms with van der Waals surface area (Å²) in [5, 5.41) is 3.41. The van der Waals surface area contributed by atoms with Crippen LogP contribution in [-0.2, 0) is 11.3 Å². The van der Waals surface area contributed by atoms with E-state index in [1.165, 1.54) is 0 Å². The molecule has 112 valence electrons. The third-order valence-electron chi connectivity index (χ3n) is 3.40. The van der Waals surface area contributed by atoms with Gasteiger partial charge in [0.05, 0.1) is 0 Å². The van der Waals surface area contributed by atoms with Crippen LogP contribution in [-0.4, -0.2) is 10.5 Å². The number of carbonyl (C=O) groups is 1. The van der Waals surface area contributed by atoms with Crippen LogP contribution >= 0.6 is 0 Å². The third-order valence-corrected chi connectivity index (χ3v) is 3.40. The number of amides is 1. The molecule has 0 aliphatic rings. The Kier molecular flexibility index (Phi) is 4.05. The van der Waals surface area contributed by atoms with Gasteiger partial charge in [0.2, 0.25) is 5.91 Å². The minimum atomic E-state index is -0.530. The van der Waals surface area contributed by atoms with Crippen LogP contribution in [0.1, 0.15) is 12.8 Å². The van der Waals surface area contributed by atoms with Crippen molar-refractivity contribution in [3.05, 3.63) is 65.3 Å². The van der Waals surface area contributed by atoms with Crippen molar-refractivity contribution in [2.45, 2.75) is 19.4 Å². The molecule has 1 aromatic carbocycles. The van der Waals surface area contributed by atoms with Crippen molar-refractivity contribution in [1.29, 1.82) is 0 Å². The van der Waals surface area contributed by atoms with Gasteiger partial charge in [-0.3, -0.25) is 4.79 Å². The molecule has 3 rings (SSSR count). The van der Waals surface area contributed by atoms with E-state index in [9.17, 15) is 9.59 Å². The lowest BCUT2D eigenvalue weighted by molar-refractivity contribution is -0.116. The number of rotatable bonds is 5. The molecule has 1 amide bonds. The van der Waals surface area contributed by atoms with E-state index in [4.69, 9.17) is 4.42 Å². The zero-order valence-corrected chi connectivity index (χ0v) is 12.0. The SMILES string of the molecule is O=C(CCCn1cccc1)Nc1cc2ccccc2oc1=O. The van der Waals surface area contributed by atoms with Crippen LogP contribution in [0.15, 0.2) is 64.1 Å². The summed E-state index contributed by atoms with van der Waals surface area (Å²) in [6.07, 6.45) is 4.97. The molecular weight excluding hydrogens is 280 g/mol. The van der Waals surface area contributed by atoms with Crippen molar-refractivity contribution in [1.82, 2.24) is 4.57 Å². The molecule has 0 unspecified atom stereocenters. The summed E-state index contributed by atoms with van der Waals surface area (Å²) in [6, 6.07) is 12.7. The van der Waals surface area contributed by atoms with Gasteiger partial charge in [-0.1, -0.05) is 18.2 Å². The molecule has 0 fully saturated rings. The van der Waals surface area contributed by atoms with Gasteiger partial charge in [-0.15, -0.1) is 0 Å². The monoisotopic (exact) mass is 296 g/mol. The maximum atomic E-state index is 11.9. The Morgan fingerprint density at radius 2 is 1.91 bits per heavy atom. The first-order valence-corrected chi connectivity index (χ1v) is 7.16. The Bertz CT molecular complexity index is 834. The highest BCUT2D eigenvalue weighted by molar-refractivity contribution is 5.92. The van der Waals surface area contributed by atoms with Gasteiger partial charge in [-0.2, -0.15) is 0 Å². The fourth-order valence-electron chi connectivity index (χ4n) is 2.30. The largest absolute Gasteiger partial charge is 0.421 e. The van der Waals surface area contributed by atoms with Gasteiger partial charge in [-0.25, -0.2) is 4.79 Å². The van der Waals surface area contributed by atoms with Crippen molar-refractivity contribution in [2.75, 3.05) is 5.32 Å². The van der Waals surface area contributed by atoms with Crippen molar-refractivity contribution in [3.63, 3.8) is 0 Å². The molecule has 2 aromatic heterocycles. The number of benzene rings is 1. The molecule has 5 nitrogen and oxygen atoms in total. The van der Waals surface area contributed by atoms with Crippen LogP contribution in [0, 0.1) is 0 Å². The van der Waals surface area contributed by atoms with Crippen LogP contribution in [0.4, 0.5) is 5.69 Å². The minimum Gasteiger partial charge on any atom is -0.421 e. The maximum absolute atomic E-state index is 11.9. The molecule has 0 spiro atoms. The highest BCUT2D eigenvalue weighted by Crippen LogP contribution is 2.15. The van der Waals surface area contributed by atoms with E-state index < -0.39 is 5.63 Å². The molecule has 3 aromatic rings. The zero-order chi connectivity index (χ0) is 15.4. The summed E-state index contributed by atoms with van der Waals surface area (Å²) < 4.78 is 7.19. The van der Waals surface area contributed by atoms with E-state index in [0.717, 1.165) is 11.9 Å². The summed E-state index contributed by atoms with van der Waals surface area (Å²) in [5.41, 5.74) is 0.167. The fourth-order valence-corrected chi connectivity index (χ4v) is 2.30. The Balaban J connectivity index is 1.63. The van der Waals surface area contributed by atoms with Gasteiger partial charge >= 0.3 is 5.63 Å². The first-order valence-electron chi connectivity index (χ1n) is 7.16. The highest BCUT2D eigenvalue weighted by atomic mass is 16.4. The summed E-state index contributed by atoms with van der Waals surface area (Å²) in [7, 11) is 0. The summed E-state index contributed by atoms with van der Waals surface area (Å²) in [5.74, 6) is -0.185. The standard InChI is InChI=1S/C17H16N2O3/c20-16(8-5-11-19-9-3-4-10-19)18-14-12-13-6-1-2-7-15(13)22-17(14)21/h1-4,6-7,9-10,12H,5,8,11H2,(H,18,20). The average Bonchev–Trinajstić information content (AvgIpc) is 3.01. The number of para-hydroxylation sites is 1. The second kappa shape index (κ2) is 6.30. The molecule has 0 saturated heterocycles. The molecule has 0 aliphatic heterocycles. The van der Waals surface area contributed by atoms with Crippen LogP contribution in [0.3, 0.4) is 0 Å². The topological polar surface area (TPSA) is 64.2 Å². The van der Waals surface area contributed by atoms with Crippen LogP contribution in [0.25, 0.3) is 11.0 Å². The Labute approximate surface area is 127 Å². The first kappa shape index (κ1) is 14.1. The van der Waals surface area contributed by atoms with Gasteiger partial charge in [0, 0.05) is 30.7 Å². The normalized spacial score (nSPS) is 10.7. The van der Waals surface area contributed by atoms with Gasteiger partial charge in [0.15, 0.2) is 0 Å². The molecule has 1 N–H and O–H groups in total. The number of aryl methyl sites for hydroxylation is 1. The first-order chi connectivity index (χ1) is 10.7. The van der Waals surface area contributed by atoms with E-state index in [0.29, 0.717) is 18.4 Å². The number of fused-ring (bicyclic) bond motifs is 1. The molecule has 0 atom stereocenters. The number of nitrogens with zero attached hydrogens (tertiary/aromatic N) is 1. The Hall–Kier alpha value is -2.82. The minimum absolute atomic E-state index is 0.185. The molecule has 0 aliphatic carbocycles. The summed E-state index contributed by atoms with van der Waals surface area (Å²) in [4.78, 5) is 23.8. The van der Waals surface area contributed by atoms with E-state index in [1.54, 1.807) is 18.2 Å². The van der Waals surface area contributed by atoms with E-state index >= 15 is 0 Å². The quantitative estimate of drug-likeness (QED) is 0.736. The van der Waals surface area contributed by atoms with E-state index in [1.807, 2.05) is 41.2 Å². The number of nitrogens with one attached hydrogen (secondary N) is 1. The summed E-state index contributed by atoms with van der Waals surface area (Å²) in [6.45, 7) is 0.771. The predicted octanol–water partition coefficient (Wildman–Crippen LogP) is 3.01. The van der Waals surface area contributed by atoms with E-state index in [-0.39, 0.29) is 11.6 Å². The Morgan fingerprint density at radius 1 is 1.14 bits per heavy atom. The molecule has 0 radical (unpaired) electrons. The molecule has 22 heavy (non-hydrogen) atoms. The zero-order valence-electron chi connectivity index (χ0n) is 12.0. The molecular formula is C17H16N2O3. The summed E-state index contributed by atoms with van der Waals surface area (Å²) >= 11 is 0. The van der Waals surface area contributed by atoms with Gasteiger partial charge < -0.3 is 14.3 Å². The van der Waals surface area contributed by atoms with Gasteiger partial charge in [-0.05, 0) is 30.7 Å². The predicted molar refractivity (Wildman–Crippen MR) is 84.8 cm³/mol. The molecule has 0 bridgehead atoms.